The molecule has 4 rings (SSSR count). The van der Waals surface area contributed by atoms with Crippen molar-refractivity contribution in [3.63, 3.8) is 0 Å². The number of rotatable bonds is 7. The Kier molecular flexibility index (Phi) is 7.81. The van der Waals surface area contributed by atoms with Crippen LogP contribution in [0.4, 0.5) is 0 Å². The van der Waals surface area contributed by atoms with Crippen molar-refractivity contribution in [2.75, 3.05) is 52.4 Å². The molecule has 0 amide bonds. The summed E-state index contributed by atoms with van der Waals surface area (Å²) < 4.78 is 10.7. The maximum absolute atomic E-state index is 5.75. The number of nitrogens with zero attached hydrogens (tertiary/aromatic N) is 6. The highest BCUT2D eigenvalue weighted by Crippen LogP contribution is 2.20. The molecule has 2 aromatic rings. The van der Waals surface area contributed by atoms with E-state index in [0.29, 0.717) is 5.92 Å². The van der Waals surface area contributed by atoms with Gasteiger partial charge in [-0.15, -0.1) is 0 Å². The van der Waals surface area contributed by atoms with E-state index in [1.807, 2.05) is 19.9 Å². The Balaban J connectivity index is 1.22. The zero-order valence-electron chi connectivity index (χ0n) is 19.7. The lowest BCUT2D eigenvalue weighted by molar-refractivity contribution is 0.163. The van der Waals surface area contributed by atoms with E-state index >= 15 is 0 Å². The summed E-state index contributed by atoms with van der Waals surface area (Å²) >= 11 is 0. The minimum atomic E-state index is 0.640. The van der Waals surface area contributed by atoms with Crippen molar-refractivity contribution in [1.82, 2.24) is 30.2 Å². The van der Waals surface area contributed by atoms with Crippen LogP contribution in [0.15, 0.2) is 26.3 Å². The van der Waals surface area contributed by atoms with E-state index in [2.05, 4.69) is 37.1 Å². The molecule has 0 saturated carbocycles. The van der Waals surface area contributed by atoms with E-state index in [1.54, 1.807) is 6.26 Å². The summed E-state index contributed by atoms with van der Waals surface area (Å²) in [5.74, 6) is 3.47. The van der Waals surface area contributed by atoms with Crippen molar-refractivity contribution in [2.45, 2.75) is 46.7 Å². The van der Waals surface area contributed by atoms with Crippen LogP contribution in [0.5, 0.6) is 0 Å². The van der Waals surface area contributed by atoms with Gasteiger partial charge in [0.15, 0.2) is 5.96 Å². The van der Waals surface area contributed by atoms with Crippen LogP contribution >= 0.6 is 0 Å². The van der Waals surface area contributed by atoms with Crippen LogP contribution in [0.3, 0.4) is 0 Å². The molecule has 2 saturated heterocycles. The summed E-state index contributed by atoms with van der Waals surface area (Å²) in [7, 11) is 0. The lowest BCUT2D eigenvalue weighted by Crippen LogP contribution is -2.52. The zero-order chi connectivity index (χ0) is 22.3. The molecule has 2 aromatic heterocycles. The number of piperazine rings is 1. The van der Waals surface area contributed by atoms with Crippen molar-refractivity contribution in [2.24, 2.45) is 10.9 Å². The van der Waals surface area contributed by atoms with Gasteiger partial charge >= 0.3 is 0 Å². The fourth-order valence-electron chi connectivity index (χ4n) is 4.43. The predicted octanol–water partition coefficient (Wildman–Crippen LogP) is 2.27. The first-order chi connectivity index (χ1) is 15.6. The molecule has 176 valence electrons. The predicted molar refractivity (Wildman–Crippen MR) is 123 cm³/mol. The van der Waals surface area contributed by atoms with Gasteiger partial charge in [0.05, 0.1) is 17.9 Å². The number of nitrogens with one attached hydrogen (secondary N) is 1. The SMILES string of the molecule is CCNC(=NCC1CCN(Cc2nc(C)c(C)o2)CC1)N1CCN(Cc2ccon2)CC1. The maximum atomic E-state index is 5.75. The van der Waals surface area contributed by atoms with Gasteiger partial charge in [-0.05, 0) is 52.6 Å². The monoisotopic (exact) mass is 443 g/mol. The molecule has 9 heteroatoms. The molecule has 0 bridgehead atoms. The summed E-state index contributed by atoms with van der Waals surface area (Å²) in [6.07, 6.45) is 3.99. The molecule has 0 spiro atoms. The van der Waals surface area contributed by atoms with E-state index in [9.17, 15) is 0 Å². The van der Waals surface area contributed by atoms with Crippen LogP contribution in [-0.4, -0.2) is 83.2 Å². The summed E-state index contributed by atoms with van der Waals surface area (Å²) in [4.78, 5) is 16.8. The summed E-state index contributed by atoms with van der Waals surface area (Å²) in [5.41, 5.74) is 2.00. The number of likely N-dealkylation sites (tertiary alicyclic amines) is 1. The first-order valence-electron chi connectivity index (χ1n) is 11.9. The van der Waals surface area contributed by atoms with Crippen molar-refractivity contribution in [1.29, 1.82) is 0 Å². The lowest BCUT2D eigenvalue weighted by Gasteiger charge is -2.36. The van der Waals surface area contributed by atoms with Gasteiger partial charge < -0.3 is 19.2 Å². The second-order valence-corrected chi connectivity index (χ2v) is 8.92. The molecule has 1 N–H and O–H groups in total. The van der Waals surface area contributed by atoms with Crippen LogP contribution in [0, 0.1) is 19.8 Å². The highest BCUT2D eigenvalue weighted by molar-refractivity contribution is 5.80. The molecule has 0 atom stereocenters. The molecule has 2 aliphatic rings. The van der Waals surface area contributed by atoms with E-state index in [0.717, 1.165) is 94.4 Å². The molecule has 2 fully saturated rings. The van der Waals surface area contributed by atoms with Crippen LogP contribution in [0.2, 0.25) is 0 Å². The van der Waals surface area contributed by atoms with Gasteiger partial charge in [-0.3, -0.25) is 14.8 Å². The molecule has 2 aliphatic heterocycles. The van der Waals surface area contributed by atoms with Crippen LogP contribution in [-0.2, 0) is 13.1 Å². The Labute approximate surface area is 190 Å². The fourth-order valence-corrected chi connectivity index (χ4v) is 4.43. The Hall–Kier alpha value is -2.39. The second-order valence-electron chi connectivity index (χ2n) is 8.92. The molecule has 0 aliphatic carbocycles. The Morgan fingerprint density at radius 1 is 1.09 bits per heavy atom. The number of aryl methyl sites for hydroxylation is 2. The van der Waals surface area contributed by atoms with Crippen molar-refractivity contribution < 1.29 is 8.94 Å². The molecule has 0 aromatic carbocycles. The van der Waals surface area contributed by atoms with Gasteiger partial charge in [0.25, 0.3) is 0 Å². The van der Waals surface area contributed by atoms with Gasteiger partial charge in [-0.2, -0.15) is 0 Å². The third kappa shape index (κ3) is 6.10. The second kappa shape index (κ2) is 11.0. The third-order valence-corrected chi connectivity index (χ3v) is 6.52. The van der Waals surface area contributed by atoms with Gasteiger partial charge in [0, 0.05) is 51.9 Å². The molecule has 32 heavy (non-hydrogen) atoms. The maximum Gasteiger partial charge on any atom is 0.208 e. The number of hydrogen-bond acceptors (Lipinski definition) is 7. The minimum Gasteiger partial charge on any atom is -0.444 e. The molecular weight excluding hydrogens is 406 g/mol. The average molecular weight is 444 g/mol. The molecule has 9 nitrogen and oxygen atoms in total. The van der Waals surface area contributed by atoms with Crippen molar-refractivity contribution >= 4 is 5.96 Å². The van der Waals surface area contributed by atoms with Gasteiger partial charge in [-0.1, -0.05) is 5.16 Å². The molecule has 0 unspecified atom stereocenters. The average Bonchev–Trinajstić information content (AvgIpc) is 3.42. The number of guanidine groups is 1. The van der Waals surface area contributed by atoms with Crippen LogP contribution < -0.4 is 5.32 Å². The van der Waals surface area contributed by atoms with Gasteiger partial charge in [0.2, 0.25) is 5.89 Å². The summed E-state index contributed by atoms with van der Waals surface area (Å²) in [6, 6.07) is 1.94. The van der Waals surface area contributed by atoms with Gasteiger partial charge in [0.1, 0.15) is 12.0 Å². The van der Waals surface area contributed by atoms with E-state index in [-0.39, 0.29) is 0 Å². The topological polar surface area (TPSA) is 86.2 Å². The van der Waals surface area contributed by atoms with E-state index in [1.165, 1.54) is 12.8 Å². The van der Waals surface area contributed by atoms with Crippen LogP contribution in [0.1, 0.15) is 42.8 Å². The third-order valence-electron chi connectivity index (χ3n) is 6.52. The number of oxazole rings is 1. The van der Waals surface area contributed by atoms with Crippen molar-refractivity contribution in [3.05, 3.63) is 35.4 Å². The number of aliphatic imine (C=N–C) groups is 1. The minimum absolute atomic E-state index is 0.640. The largest absolute Gasteiger partial charge is 0.444 e. The van der Waals surface area contributed by atoms with Crippen LogP contribution in [0.25, 0.3) is 0 Å². The Morgan fingerprint density at radius 2 is 1.84 bits per heavy atom. The molecular formula is C23H37N7O2. The highest BCUT2D eigenvalue weighted by Gasteiger charge is 2.23. The first kappa shape index (κ1) is 22.8. The number of piperidine rings is 1. The molecule has 4 heterocycles. The first-order valence-corrected chi connectivity index (χ1v) is 11.9. The quantitative estimate of drug-likeness (QED) is 0.515. The summed E-state index contributed by atoms with van der Waals surface area (Å²) in [5, 5.41) is 7.53. The Bertz CT molecular complexity index is 828. The van der Waals surface area contributed by atoms with Crippen molar-refractivity contribution in [3.8, 4) is 0 Å². The highest BCUT2D eigenvalue weighted by atomic mass is 16.5. The number of aromatic nitrogens is 2. The normalized spacial score (nSPS) is 19.6. The fraction of sp³-hybridized carbons (Fsp3) is 0.696. The zero-order valence-corrected chi connectivity index (χ0v) is 19.7. The lowest BCUT2D eigenvalue weighted by atomic mass is 9.97. The smallest absolute Gasteiger partial charge is 0.208 e. The standard InChI is InChI=1S/C23H37N7O2/c1-4-24-23(30-12-10-29(11-13-30)16-21-7-14-31-27-21)25-15-20-5-8-28(9-6-20)17-22-26-18(2)19(3)32-22/h7,14,20H,4-6,8-13,15-17H2,1-3H3,(H,24,25). The molecule has 0 radical (unpaired) electrons. The summed E-state index contributed by atoms with van der Waals surface area (Å²) in [6.45, 7) is 15.7. The number of hydrogen-bond donors (Lipinski definition) is 1. The van der Waals surface area contributed by atoms with E-state index in [4.69, 9.17) is 13.9 Å². The van der Waals surface area contributed by atoms with E-state index < -0.39 is 0 Å². The van der Waals surface area contributed by atoms with Gasteiger partial charge in [-0.25, -0.2) is 4.98 Å². The Morgan fingerprint density at radius 3 is 2.47 bits per heavy atom.